The van der Waals surface area contributed by atoms with Crippen molar-refractivity contribution in [2.45, 2.75) is 11.8 Å². The number of carbonyl (C=O) groups excluding carboxylic acids is 1. The van der Waals surface area contributed by atoms with E-state index in [0.29, 0.717) is 31.9 Å². The minimum absolute atomic E-state index is 0.0368. The second kappa shape index (κ2) is 7.98. The Hall–Kier alpha value is -1.93. The Labute approximate surface area is 164 Å². The van der Waals surface area contributed by atoms with Crippen LogP contribution in [0.1, 0.15) is 15.9 Å². The Morgan fingerprint density at radius 1 is 1.04 bits per heavy atom. The van der Waals surface area contributed by atoms with Crippen LogP contribution in [0, 0.1) is 6.92 Å². The van der Waals surface area contributed by atoms with Crippen molar-refractivity contribution >= 4 is 33.2 Å². The first-order valence-electron chi connectivity index (χ1n) is 8.63. The second-order valence-electron chi connectivity index (χ2n) is 6.67. The fraction of sp³-hybridized carbons (Fsp3) is 0.316. The highest BCUT2D eigenvalue weighted by Crippen LogP contribution is 2.27. The maximum Gasteiger partial charge on any atom is 0.255 e. The molecule has 0 aromatic heterocycles. The monoisotopic (exact) mass is 407 g/mol. The van der Waals surface area contributed by atoms with Crippen molar-refractivity contribution in [3.8, 4) is 0 Å². The predicted octanol–water partition coefficient (Wildman–Crippen LogP) is 2.84. The zero-order valence-corrected chi connectivity index (χ0v) is 16.8. The van der Waals surface area contributed by atoms with Crippen LogP contribution in [0.25, 0.3) is 0 Å². The summed E-state index contributed by atoms with van der Waals surface area (Å²) in [7, 11) is -1.80. The third-order valence-electron chi connectivity index (χ3n) is 4.58. The van der Waals surface area contributed by atoms with Crippen LogP contribution in [0.2, 0.25) is 5.02 Å². The van der Waals surface area contributed by atoms with E-state index in [1.54, 1.807) is 12.1 Å². The van der Waals surface area contributed by atoms with Crippen LogP contribution in [0.4, 0.5) is 5.69 Å². The van der Waals surface area contributed by atoms with Crippen molar-refractivity contribution in [2.24, 2.45) is 0 Å². The Kier molecular flexibility index (Phi) is 5.86. The average Bonchev–Trinajstić information content (AvgIpc) is 2.64. The van der Waals surface area contributed by atoms with Crippen molar-refractivity contribution < 1.29 is 13.2 Å². The molecule has 1 heterocycles. The molecule has 2 aromatic rings. The number of hydrogen-bond acceptors (Lipinski definition) is 4. The van der Waals surface area contributed by atoms with E-state index in [1.807, 2.05) is 26.1 Å². The lowest BCUT2D eigenvalue weighted by atomic mass is 10.2. The van der Waals surface area contributed by atoms with Gasteiger partial charge in [-0.3, -0.25) is 4.79 Å². The van der Waals surface area contributed by atoms with Gasteiger partial charge >= 0.3 is 0 Å². The highest BCUT2D eigenvalue weighted by molar-refractivity contribution is 7.89. The second-order valence-corrected chi connectivity index (χ2v) is 8.99. The van der Waals surface area contributed by atoms with Gasteiger partial charge < -0.3 is 10.2 Å². The minimum Gasteiger partial charge on any atom is -0.322 e. The van der Waals surface area contributed by atoms with Crippen molar-refractivity contribution in [2.75, 3.05) is 38.5 Å². The quantitative estimate of drug-likeness (QED) is 0.846. The maximum atomic E-state index is 13.0. The minimum atomic E-state index is -3.76. The van der Waals surface area contributed by atoms with Crippen molar-refractivity contribution in [1.82, 2.24) is 9.21 Å². The molecule has 6 nitrogen and oxygen atoms in total. The number of aryl methyl sites for hydroxylation is 1. The maximum absolute atomic E-state index is 13.0. The van der Waals surface area contributed by atoms with E-state index in [-0.39, 0.29) is 21.4 Å². The van der Waals surface area contributed by atoms with Gasteiger partial charge in [-0.1, -0.05) is 29.3 Å². The fourth-order valence-corrected chi connectivity index (χ4v) is 4.77. The van der Waals surface area contributed by atoms with Gasteiger partial charge in [-0.25, -0.2) is 8.42 Å². The van der Waals surface area contributed by atoms with E-state index < -0.39 is 10.0 Å². The summed E-state index contributed by atoms with van der Waals surface area (Å²) < 4.78 is 27.4. The summed E-state index contributed by atoms with van der Waals surface area (Å²) >= 11 is 6.16. The molecule has 0 aliphatic carbocycles. The Morgan fingerprint density at radius 3 is 2.30 bits per heavy atom. The molecule has 1 aliphatic heterocycles. The summed E-state index contributed by atoms with van der Waals surface area (Å²) in [5.74, 6) is -0.384. The molecule has 0 unspecified atom stereocenters. The van der Waals surface area contributed by atoms with Crippen molar-refractivity contribution in [3.63, 3.8) is 0 Å². The predicted molar refractivity (Wildman–Crippen MR) is 107 cm³/mol. The molecule has 8 heteroatoms. The molecular formula is C19H22ClN3O3S. The van der Waals surface area contributed by atoms with E-state index >= 15 is 0 Å². The van der Waals surface area contributed by atoms with Gasteiger partial charge in [0.25, 0.3) is 5.91 Å². The SMILES string of the molecule is Cc1ccc(NC(=O)c2ccc(Cl)c(S(=O)(=O)N3CCN(C)CC3)c2)cc1. The summed E-state index contributed by atoms with van der Waals surface area (Å²) in [5.41, 5.74) is 1.97. The van der Waals surface area contributed by atoms with Gasteiger partial charge in [-0.2, -0.15) is 4.31 Å². The number of rotatable bonds is 4. The van der Waals surface area contributed by atoms with Crippen LogP contribution in [0.5, 0.6) is 0 Å². The van der Waals surface area contributed by atoms with Crippen LogP contribution in [-0.2, 0) is 10.0 Å². The molecule has 1 amide bonds. The molecule has 1 aliphatic rings. The number of nitrogens with zero attached hydrogens (tertiary/aromatic N) is 2. The van der Waals surface area contributed by atoms with Crippen LogP contribution >= 0.6 is 11.6 Å². The number of anilines is 1. The molecule has 0 bridgehead atoms. The van der Waals surface area contributed by atoms with Crippen LogP contribution in [-0.4, -0.2) is 56.8 Å². The van der Waals surface area contributed by atoms with Crippen LogP contribution < -0.4 is 5.32 Å². The van der Waals surface area contributed by atoms with Gasteiger partial charge in [0, 0.05) is 37.4 Å². The number of carbonyl (C=O) groups is 1. The molecule has 1 N–H and O–H groups in total. The molecule has 0 saturated carbocycles. The average molecular weight is 408 g/mol. The topological polar surface area (TPSA) is 69.7 Å². The van der Waals surface area contributed by atoms with Gasteiger partial charge in [0.05, 0.1) is 5.02 Å². The fourth-order valence-electron chi connectivity index (χ4n) is 2.85. The first-order valence-corrected chi connectivity index (χ1v) is 10.5. The molecule has 27 heavy (non-hydrogen) atoms. The van der Waals surface area contributed by atoms with Gasteiger partial charge in [-0.15, -0.1) is 0 Å². The Balaban J connectivity index is 1.85. The first-order chi connectivity index (χ1) is 12.8. The van der Waals surface area contributed by atoms with E-state index in [1.165, 1.54) is 22.5 Å². The number of piperazine rings is 1. The van der Waals surface area contributed by atoms with E-state index in [4.69, 9.17) is 11.6 Å². The van der Waals surface area contributed by atoms with Crippen molar-refractivity contribution in [1.29, 1.82) is 0 Å². The molecule has 0 atom stereocenters. The third-order valence-corrected chi connectivity index (χ3v) is 6.96. The Morgan fingerprint density at radius 2 is 1.67 bits per heavy atom. The number of halogens is 1. The lowest BCUT2D eigenvalue weighted by Gasteiger charge is -2.31. The highest BCUT2D eigenvalue weighted by atomic mass is 35.5. The van der Waals surface area contributed by atoms with Gasteiger partial charge in [-0.05, 0) is 44.3 Å². The highest BCUT2D eigenvalue weighted by Gasteiger charge is 2.30. The normalized spacial score (nSPS) is 16.3. The third kappa shape index (κ3) is 4.50. The molecule has 3 rings (SSSR count). The van der Waals surface area contributed by atoms with Gasteiger partial charge in [0.15, 0.2) is 0 Å². The summed E-state index contributed by atoms with van der Waals surface area (Å²) in [4.78, 5) is 14.6. The standard InChI is InChI=1S/C19H22ClN3O3S/c1-14-3-6-16(7-4-14)21-19(24)15-5-8-17(20)18(13-15)27(25,26)23-11-9-22(2)10-12-23/h3-8,13H,9-12H2,1-2H3,(H,21,24). The summed E-state index contributed by atoms with van der Waals surface area (Å²) in [6.45, 7) is 4.07. The molecular weight excluding hydrogens is 386 g/mol. The lowest BCUT2D eigenvalue weighted by molar-refractivity contribution is 0.102. The number of hydrogen-bond donors (Lipinski definition) is 1. The molecule has 1 saturated heterocycles. The number of sulfonamides is 1. The van der Waals surface area contributed by atoms with Crippen LogP contribution in [0.3, 0.4) is 0 Å². The number of benzene rings is 2. The largest absolute Gasteiger partial charge is 0.322 e. The summed E-state index contributed by atoms with van der Waals surface area (Å²) in [6.07, 6.45) is 0. The number of amides is 1. The van der Waals surface area contributed by atoms with Gasteiger partial charge in [0.1, 0.15) is 4.90 Å². The number of likely N-dealkylation sites (N-methyl/N-ethyl adjacent to an activating group) is 1. The summed E-state index contributed by atoms with van der Waals surface area (Å²) in [5, 5.41) is 2.88. The Bertz CT molecular complexity index is 937. The lowest BCUT2D eigenvalue weighted by Crippen LogP contribution is -2.47. The molecule has 2 aromatic carbocycles. The molecule has 1 fully saturated rings. The van der Waals surface area contributed by atoms with E-state index in [0.717, 1.165) is 5.56 Å². The molecule has 144 valence electrons. The van der Waals surface area contributed by atoms with Gasteiger partial charge in [0.2, 0.25) is 10.0 Å². The van der Waals surface area contributed by atoms with E-state index in [9.17, 15) is 13.2 Å². The van der Waals surface area contributed by atoms with Crippen molar-refractivity contribution in [3.05, 3.63) is 58.6 Å². The molecule has 0 radical (unpaired) electrons. The first kappa shape index (κ1) is 19.8. The molecule has 0 spiro atoms. The zero-order chi connectivity index (χ0) is 19.6. The smallest absolute Gasteiger partial charge is 0.255 e. The zero-order valence-electron chi connectivity index (χ0n) is 15.3. The van der Waals surface area contributed by atoms with E-state index in [2.05, 4.69) is 10.2 Å². The van der Waals surface area contributed by atoms with Crippen LogP contribution in [0.15, 0.2) is 47.4 Å². The summed E-state index contributed by atoms with van der Waals surface area (Å²) in [6, 6.07) is 11.7. The number of nitrogens with one attached hydrogen (secondary N) is 1.